The molecule has 2 aliphatic carbocycles. The van der Waals surface area contributed by atoms with Crippen molar-refractivity contribution in [3.8, 4) is 0 Å². The number of likely N-dealkylation sites (N-methyl/N-ethyl adjacent to an activating group) is 1. The zero-order valence-corrected chi connectivity index (χ0v) is 12.5. The fraction of sp³-hybridized carbons (Fsp3) is 0.812. The molecule has 18 heavy (non-hydrogen) atoms. The van der Waals surface area contributed by atoms with Crippen LogP contribution in [0.2, 0.25) is 0 Å². The number of carbonyl (C=O) groups excluding carboxylic acids is 1. The van der Waals surface area contributed by atoms with Crippen molar-refractivity contribution in [2.45, 2.75) is 59.9 Å². The predicted molar refractivity (Wildman–Crippen MR) is 75.2 cm³/mol. The summed E-state index contributed by atoms with van der Waals surface area (Å²) in [5.74, 6) is 0.923. The third-order valence-electron chi connectivity index (χ3n) is 6.09. The topological polar surface area (TPSA) is 20.3 Å². The van der Waals surface area contributed by atoms with Crippen molar-refractivity contribution >= 4 is 5.91 Å². The minimum atomic E-state index is 0.145. The molecule has 0 saturated heterocycles. The monoisotopic (exact) mass is 249 g/mol. The molecule has 2 aliphatic rings. The first-order valence-electron chi connectivity index (χ1n) is 7.22. The minimum Gasteiger partial charge on any atom is -0.336 e. The molecular formula is C16H27NO. The third kappa shape index (κ3) is 1.57. The zero-order chi connectivity index (χ0) is 13.7. The van der Waals surface area contributed by atoms with Crippen LogP contribution in [0.1, 0.15) is 53.9 Å². The van der Waals surface area contributed by atoms with Crippen LogP contribution in [0.15, 0.2) is 12.2 Å². The van der Waals surface area contributed by atoms with E-state index >= 15 is 0 Å². The van der Waals surface area contributed by atoms with Gasteiger partial charge in [-0.15, -0.1) is 0 Å². The number of hydrogen-bond acceptors (Lipinski definition) is 1. The van der Waals surface area contributed by atoms with E-state index in [2.05, 4.69) is 39.2 Å². The number of carbonyl (C=O) groups is 1. The summed E-state index contributed by atoms with van der Waals surface area (Å²) in [6.45, 7) is 15.7. The molecule has 3 unspecified atom stereocenters. The Morgan fingerprint density at radius 3 is 2.33 bits per heavy atom. The van der Waals surface area contributed by atoms with Gasteiger partial charge in [0.25, 0.3) is 0 Å². The highest BCUT2D eigenvalue weighted by atomic mass is 16.2. The highest BCUT2D eigenvalue weighted by Crippen LogP contribution is 2.66. The first-order valence-corrected chi connectivity index (χ1v) is 7.22. The van der Waals surface area contributed by atoms with Gasteiger partial charge < -0.3 is 4.90 Å². The van der Waals surface area contributed by atoms with Crippen LogP contribution in [-0.2, 0) is 4.79 Å². The van der Waals surface area contributed by atoms with E-state index in [0.29, 0.717) is 17.0 Å². The molecule has 2 fully saturated rings. The molecule has 1 amide bonds. The normalized spacial score (nSPS) is 36.7. The molecule has 0 aliphatic heterocycles. The van der Waals surface area contributed by atoms with E-state index in [1.54, 1.807) is 0 Å². The lowest BCUT2D eigenvalue weighted by atomic mass is 9.68. The Labute approximate surface area is 111 Å². The van der Waals surface area contributed by atoms with Crippen molar-refractivity contribution in [3.05, 3.63) is 12.2 Å². The van der Waals surface area contributed by atoms with Crippen LogP contribution in [0, 0.1) is 16.7 Å². The lowest BCUT2D eigenvalue weighted by molar-refractivity contribution is -0.132. The van der Waals surface area contributed by atoms with Crippen LogP contribution in [0.5, 0.6) is 0 Å². The van der Waals surface area contributed by atoms with Crippen molar-refractivity contribution in [3.63, 3.8) is 0 Å². The second-order valence-corrected chi connectivity index (χ2v) is 7.00. The highest BCUT2D eigenvalue weighted by Gasteiger charge is 2.62. The summed E-state index contributed by atoms with van der Waals surface area (Å²) in [5, 5.41) is 0. The Kier molecular flexibility index (Phi) is 3.11. The summed E-state index contributed by atoms with van der Waals surface area (Å²) in [6, 6.07) is 0.403. The van der Waals surface area contributed by atoms with Gasteiger partial charge in [0.05, 0.1) is 0 Å². The molecule has 0 heterocycles. The Morgan fingerprint density at radius 1 is 1.39 bits per heavy atom. The Morgan fingerprint density at radius 2 is 2.00 bits per heavy atom. The molecular weight excluding hydrogens is 222 g/mol. The summed E-state index contributed by atoms with van der Waals surface area (Å²) in [7, 11) is 0. The largest absolute Gasteiger partial charge is 0.336 e. The van der Waals surface area contributed by atoms with E-state index in [-0.39, 0.29) is 11.3 Å². The molecule has 0 spiro atoms. The molecule has 2 nitrogen and oxygen atoms in total. The molecule has 0 aromatic rings. The maximum absolute atomic E-state index is 12.3. The van der Waals surface area contributed by atoms with Crippen LogP contribution in [-0.4, -0.2) is 23.4 Å². The van der Waals surface area contributed by atoms with Gasteiger partial charge in [-0.25, -0.2) is 0 Å². The van der Waals surface area contributed by atoms with Gasteiger partial charge in [0.15, 0.2) is 0 Å². The summed E-state index contributed by atoms with van der Waals surface area (Å²) < 4.78 is 0. The van der Waals surface area contributed by atoms with Crippen LogP contribution < -0.4 is 0 Å². The highest BCUT2D eigenvalue weighted by molar-refractivity contribution is 5.92. The van der Waals surface area contributed by atoms with Crippen molar-refractivity contribution < 1.29 is 4.79 Å². The van der Waals surface area contributed by atoms with Gasteiger partial charge in [0.2, 0.25) is 5.91 Å². The van der Waals surface area contributed by atoms with E-state index in [1.807, 2.05) is 6.92 Å². The maximum atomic E-state index is 12.3. The van der Waals surface area contributed by atoms with Gasteiger partial charge in [-0.1, -0.05) is 27.4 Å². The summed E-state index contributed by atoms with van der Waals surface area (Å²) in [4.78, 5) is 14.4. The lowest BCUT2D eigenvalue weighted by Crippen LogP contribution is -2.49. The van der Waals surface area contributed by atoms with Crippen molar-refractivity contribution in [2.75, 3.05) is 6.54 Å². The van der Waals surface area contributed by atoms with E-state index in [0.717, 1.165) is 12.5 Å². The van der Waals surface area contributed by atoms with Crippen molar-refractivity contribution in [1.29, 1.82) is 0 Å². The Hall–Kier alpha value is -0.790. The molecule has 2 bridgehead atoms. The molecule has 3 atom stereocenters. The van der Waals surface area contributed by atoms with E-state index in [9.17, 15) is 4.79 Å². The number of nitrogens with zero attached hydrogens (tertiary/aromatic N) is 1. The molecule has 2 saturated carbocycles. The molecule has 102 valence electrons. The molecule has 0 aromatic heterocycles. The minimum absolute atomic E-state index is 0.145. The van der Waals surface area contributed by atoms with Gasteiger partial charge in [-0.05, 0) is 49.9 Å². The van der Waals surface area contributed by atoms with Gasteiger partial charge >= 0.3 is 0 Å². The number of fused-ring (bicyclic) bond motifs is 2. The van der Waals surface area contributed by atoms with Gasteiger partial charge in [0, 0.05) is 18.2 Å². The number of amides is 1. The fourth-order valence-corrected chi connectivity index (χ4v) is 4.38. The van der Waals surface area contributed by atoms with Gasteiger partial charge in [0.1, 0.15) is 0 Å². The second-order valence-electron chi connectivity index (χ2n) is 7.00. The average Bonchev–Trinajstić information content (AvgIpc) is 2.62. The Bertz CT molecular complexity index is 385. The van der Waals surface area contributed by atoms with Crippen LogP contribution in [0.3, 0.4) is 0 Å². The van der Waals surface area contributed by atoms with E-state index in [4.69, 9.17) is 0 Å². The number of rotatable bonds is 3. The van der Waals surface area contributed by atoms with Gasteiger partial charge in [-0.2, -0.15) is 0 Å². The Balaban J connectivity index is 2.30. The summed E-state index contributed by atoms with van der Waals surface area (Å²) >= 11 is 0. The van der Waals surface area contributed by atoms with E-state index in [1.165, 1.54) is 19.3 Å². The maximum Gasteiger partial charge on any atom is 0.249 e. The number of hydrogen-bond donors (Lipinski definition) is 0. The van der Waals surface area contributed by atoms with Crippen molar-refractivity contribution in [2.24, 2.45) is 16.7 Å². The lowest BCUT2D eigenvalue weighted by Gasteiger charge is -2.44. The first-order chi connectivity index (χ1) is 8.25. The molecule has 2 heteroatoms. The molecule has 0 N–H and O–H groups in total. The average molecular weight is 249 g/mol. The smallest absolute Gasteiger partial charge is 0.249 e. The predicted octanol–water partition coefficient (Wildman–Crippen LogP) is 3.63. The van der Waals surface area contributed by atoms with Crippen molar-refractivity contribution in [1.82, 2.24) is 4.90 Å². The standard InChI is InChI=1S/C16H27NO/c1-7-17(14(18)11(2)3)13-10-12-8-9-16(13,6)15(12,4)5/h12-13H,2,7-10H2,1,3-6H3. The van der Waals surface area contributed by atoms with Crippen LogP contribution in [0.25, 0.3) is 0 Å². The zero-order valence-electron chi connectivity index (χ0n) is 12.5. The summed E-state index contributed by atoms with van der Waals surface area (Å²) in [6.07, 6.45) is 3.77. The SMILES string of the molecule is C=C(C)C(=O)N(CC)C1CC2CCC1(C)C2(C)C. The second kappa shape index (κ2) is 4.11. The van der Waals surface area contributed by atoms with Crippen LogP contribution in [0.4, 0.5) is 0 Å². The molecule has 0 aromatic carbocycles. The van der Waals surface area contributed by atoms with Gasteiger partial charge in [-0.3, -0.25) is 4.79 Å². The fourth-order valence-electron chi connectivity index (χ4n) is 4.38. The first kappa shape index (κ1) is 13.6. The van der Waals surface area contributed by atoms with Crippen LogP contribution >= 0.6 is 0 Å². The van der Waals surface area contributed by atoms with E-state index < -0.39 is 0 Å². The molecule has 0 radical (unpaired) electrons. The molecule has 2 rings (SSSR count). The quantitative estimate of drug-likeness (QED) is 0.699. The third-order valence-corrected chi connectivity index (χ3v) is 6.09. The summed E-state index contributed by atoms with van der Waals surface area (Å²) in [5.41, 5.74) is 1.31.